The van der Waals surface area contributed by atoms with Crippen LogP contribution in [0.25, 0.3) is 0 Å². The molecule has 0 aromatic carbocycles. The summed E-state index contributed by atoms with van der Waals surface area (Å²) < 4.78 is 0. The maximum atomic E-state index is 9.98. The zero-order chi connectivity index (χ0) is 6.57. The van der Waals surface area contributed by atoms with Crippen molar-refractivity contribution in [3.63, 3.8) is 0 Å². The first-order chi connectivity index (χ1) is 3.68. The Labute approximate surface area is 60.2 Å². The lowest BCUT2D eigenvalue weighted by Crippen LogP contribution is -2.29. The Morgan fingerprint density at radius 1 is 1.89 bits per heavy atom. The minimum Gasteiger partial charge on any atom is -0.480 e. The van der Waals surface area contributed by atoms with Crippen molar-refractivity contribution in [1.29, 1.82) is 0 Å². The highest BCUT2D eigenvalue weighted by molar-refractivity contribution is 5.85. The Morgan fingerprint density at radius 2 is 2.33 bits per heavy atom. The Kier molecular flexibility index (Phi) is 6.73. The highest BCUT2D eigenvalue weighted by atomic mass is 35.5. The maximum Gasteiger partial charge on any atom is 0.325 e. The highest BCUT2D eigenvalue weighted by Crippen LogP contribution is 1.77. The zero-order valence-electron chi connectivity index (χ0n) is 5.13. The summed E-state index contributed by atoms with van der Waals surface area (Å²) in [7, 11) is 0. The molecule has 0 aliphatic carbocycles. The number of hydrogen-bond donors (Lipinski definition) is 2. The first-order valence-corrected chi connectivity index (χ1v) is 2.28. The number of halogens is 1. The summed E-state index contributed by atoms with van der Waals surface area (Å²) in [4.78, 5) is 9.98. The molecule has 2 N–H and O–H groups in total. The van der Waals surface area contributed by atoms with E-state index in [2.05, 4.69) is 11.9 Å². The molecule has 3 nitrogen and oxygen atoms in total. The number of hydrogen-bond acceptors (Lipinski definition) is 2. The van der Waals surface area contributed by atoms with Crippen molar-refractivity contribution in [2.45, 2.75) is 13.0 Å². The minimum absolute atomic E-state index is 0. The molecule has 0 saturated heterocycles. The van der Waals surface area contributed by atoms with Crippen LogP contribution < -0.4 is 5.32 Å². The maximum absolute atomic E-state index is 9.98. The van der Waals surface area contributed by atoms with Crippen molar-refractivity contribution >= 4 is 18.4 Å². The second-order valence-corrected chi connectivity index (χ2v) is 1.43. The van der Waals surface area contributed by atoms with E-state index in [0.717, 1.165) is 0 Å². The predicted octanol–water partition coefficient (Wildman–Crippen LogP) is 0.614. The van der Waals surface area contributed by atoms with Gasteiger partial charge in [0.15, 0.2) is 0 Å². The fraction of sp³-hybridized carbons (Fsp3) is 0.400. The van der Waals surface area contributed by atoms with Crippen molar-refractivity contribution in [3.05, 3.63) is 12.8 Å². The second-order valence-electron chi connectivity index (χ2n) is 1.43. The summed E-state index contributed by atoms with van der Waals surface area (Å²) in [6.45, 7) is 4.85. The molecule has 0 bridgehead atoms. The molecule has 0 aliphatic rings. The van der Waals surface area contributed by atoms with Crippen molar-refractivity contribution in [1.82, 2.24) is 5.32 Å². The SMILES string of the molecule is C=CNC(C)C(=O)O.Cl. The van der Waals surface area contributed by atoms with Crippen LogP contribution in [-0.4, -0.2) is 17.1 Å². The van der Waals surface area contributed by atoms with Gasteiger partial charge in [0.2, 0.25) is 0 Å². The Bertz CT molecular complexity index is 105. The molecular formula is C5H10ClNO2. The van der Waals surface area contributed by atoms with Gasteiger partial charge < -0.3 is 10.4 Å². The van der Waals surface area contributed by atoms with Crippen LogP contribution in [0.5, 0.6) is 0 Å². The normalized spacial score (nSPS) is 10.8. The molecule has 0 aromatic rings. The molecule has 0 aromatic heterocycles. The molecule has 0 fully saturated rings. The standard InChI is InChI=1S/C5H9NO2.ClH/c1-3-6-4(2)5(7)8;/h3-4,6H,1H2,2H3,(H,7,8);1H. The molecule has 1 atom stereocenters. The molecule has 54 valence electrons. The highest BCUT2D eigenvalue weighted by Gasteiger charge is 2.05. The van der Waals surface area contributed by atoms with Gasteiger partial charge in [-0.15, -0.1) is 12.4 Å². The first-order valence-electron chi connectivity index (χ1n) is 2.28. The summed E-state index contributed by atoms with van der Waals surface area (Å²) >= 11 is 0. The average Bonchev–Trinajstić information content (AvgIpc) is 1.67. The molecular weight excluding hydrogens is 142 g/mol. The Morgan fingerprint density at radius 3 is 2.44 bits per heavy atom. The molecule has 0 radical (unpaired) electrons. The van der Waals surface area contributed by atoms with Crippen LogP contribution in [0.3, 0.4) is 0 Å². The van der Waals surface area contributed by atoms with Crippen LogP contribution in [0.1, 0.15) is 6.92 Å². The van der Waals surface area contributed by atoms with E-state index in [0.29, 0.717) is 0 Å². The quantitative estimate of drug-likeness (QED) is 0.622. The monoisotopic (exact) mass is 151 g/mol. The van der Waals surface area contributed by atoms with E-state index in [-0.39, 0.29) is 12.4 Å². The molecule has 9 heavy (non-hydrogen) atoms. The van der Waals surface area contributed by atoms with Gasteiger partial charge in [-0.1, -0.05) is 6.58 Å². The summed E-state index contributed by atoms with van der Waals surface area (Å²) in [6, 6.07) is -0.535. The van der Waals surface area contributed by atoms with Gasteiger partial charge in [0, 0.05) is 0 Å². The van der Waals surface area contributed by atoms with E-state index in [1.54, 1.807) is 6.92 Å². The predicted molar refractivity (Wildman–Crippen MR) is 37.7 cm³/mol. The fourth-order valence-corrected chi connectivity index (χ4v) is 0.248. The van der Waals surface area contributed by atoms with E-state index in [9.17, 15) is 4.79 Å². The largest absolute Gasteiger partial charge is 0.480 e. The summed E-state index contributed by atoms with van der Waals surface area (Å²) in [6.07, 6.45) is 1.36. The molecule has 0 saturated carbocycles. The zero-order valence-corrected chi connectivity index (χ0v) is 5.94. The lowest BCUT2D eigenvalue weighted by Gasteiger charge is -2.02. The van der Waals surface area contributed by atoms with Crippen LogP contribution in [0, 0.1) is 0 Å². The van der Waals surface area contributed by atoms with Crippen LogP contribution in [0.2, 0.25) is 0 Å². The van der Waals surface area contributed by atoms with Crippen LogP contribution in [0.4, 0.5) is 0 Å². The van der Waals surface area contributed by atoms with E-state index in [4.69, 9.17) is 5.11 Å². The molecule has 0 amide bonds. The van der Waals surface area contributed by atoms with Gasteiger partial charge in [-0.2, -0.15) is 0 Å². The van der Waals surface area contributed by atoms with Gasteiger partial charge in [-0.25, -0.2) is 0 Å². The lowest BCUT2D eigenvalue weighted by molar-refractivity contribution is -0.138. The number of carboxylic acid groups (broad SMARTS) is 1. The third kappa shape index (κ3) is 5.17. The molecule has 4 heteroatoms. The van der Waals surface area contributed by atoms with Crippen molar-refractivity contribution < 1.29 is 9.90 Å². The fourth-order valence-electron chi connectivity index (χ4n) is 0.248. The third-order valence-corrected chi connectivity index (χ3v) is 0.738. The van der Waals surface area contributed by atoms with Crippen LogP contribution >= 0.6 is 12.4 Å². The average molecular weight is 152 g/mol. The number of nitrogens with one attached hydrogen (secondary N) is 1. The van der Waals surface area contributed by atoms with Gasteiger partial charge in [-0.05, 0) is 13.1 Å². The molecule has 0 spiro atoms. The van der Waals surface area contributed by atoms with Crippen LogP contribution in [0.15, 0.2) is 12.8 Å². The number of carbonyl (C=O) groups is 1. The van der Waals surface area contributed by atoms with E-state index < -0.39 is 12.0 Å². The molecule has 0 heterocycles. The second kappa shape index (κ2) is 5.44. The minimum atomic E-state index is -0.870. The Balaban J connectivity index is 0. The summed E-state index contributed by atoms with van der Waals surface area (Å²) in [5.74, 6) is -0.870. The molecule has 0 rings (SSSR count). The topological polar surface area (TPSA) is 49.3 Å². The van der Waals surface area contributed by atoms with E-state index >= 15 is 0 Å². The van der Waals surface area contributed by atoms with Crippen molar-refractivity contribution in [2.24, 2.45) is 0 Å². The summed E-state index contributed by atoms with van der Waals surface area (Å²) in [5.41, 5.74) is 0. The third-order valence-electron chi connectivity index (χ3n) is 0.738. The van der Waals surface area contributed by atoms with Crippen molar-refractivity contribution in [2.75, 3.05) is 0 Å². The van der Waals surface area contributed by atoms with Crippen LogP contribution in [-0.2, 0) is 4.79 Å². The van der Waals surface area contributed by atoms with Gasteiger partial charge in [0.1, 0.15) is 6.04 Å². The van der Waals surface area contributed by atoms with E-state index in [1.807, 2.05) is 0 Å². The van der Waals surface area contributed by atoms with Gasteiger partial charge in [-0.3, -0.25) is 4.79 Å². The smallest absolute Gasteiger partial charge is 0.325 e. The van der Waals surface area contributed by atoms with Gasteiger partial charge >= 0.3 is 5.97 Å². The number of aliphatic carboxylic acids is 1. The molecule has 1 unspecified atom stereocenters. The Hall–Kier alpha value is -0.700. The number of carboxylic acids is 1. The van der Waals surface area contributed by atoms with Gasteiger partial charge in [0.05, 0.1) is 0 Å². The summed E-state index contributed by atoms with van der Waals surface area (Å²) in [5, 5.41) is 10.7. The first kappa shape index (κ1) is 11.1. The lowest BCUT2D eigenvalue weighted by atomic mass is 10.4. The number of rotatable bonds is 3. The van der Waals surface area contributed by atoms with E-state index in [1.165, 1.54) is 6.20 Å². The molecule has 0 aliphatic heterocycles. The van der Waals surface area contributed by atoms with Crippen molar-refractivity contribution in [3.8, 4) is 0 Å². The van der Waals surface area contributed by atoms with Gasteiger partial charge in [0.25, 0.3) is 0 Å².